The van der Waals surface area contributed by atoms with Crippen LogP contribution >= 0.6 is 0 Å². The van der Waals surface area contributed by atoms with Gasteiger partial charge in [0.1, 0.15) is 12.5 Å². The molecule has 0 N–H and O–H groups in total. The van der Waals surface area contributed by atoms with Gasteiger partial charge < -0.3 is 14.2 Å². The van der Waals surface area contributed by atoms with Crippen molar-refractivity contribution >= 4 is 11.6 Å². The minimum Gasteiger partial charge on any atom is -0.379 e. The summed E-state index contributed by atoms with van der Waals surface area (Å²) in [6.45, 7) is 1.00. The zero-order valence-corrected chi connectivity index (χ0v) is 21.8. The van der Waals surface area contributed by atoms with Crippen LogP contribution in [-0.2, 0) is 36.5 Å². The molecular formula is C28H28F5N5O2. The predicted octanol–water partition coefficient (Wildman–Crippen LogP) is 4.91. The quantitative estimate of drug-likeness (QED) is 0.401. The van der Waals surface area contributed by atoms with E-state index in [1.807, 2.05) is 4.90 Å². The third kappa shape index (κ3) is 4.56. The van der Waals surface area contributed by atoms with Crippen LogP contribution in [0, 0.1) is 0 Å². The van der Waals surface area contributed by atoms with Gasteiger partial charge in [-0.3, -0.25) is 9.69 Å². The summed E-state index contributed by atoms with van der Waals surface area (Å²) < 4.78 is 78.8. The average Bonchev–Trinajstić information content (AvgIpc) is 3.47. The van der Waals surface area contributed by atoms with Gasteiger partial charge in [-0.1, -0.05) is 12.1 Å². The van der Waals surface area contributed by atoms with Crippen LogP contribution in [0.2, 0.25) is 0 Å². The van der Waals surface area contributed by atoms with Gasteiger partial charge in [-0.15, -0.1) is 10.2 Å². The van der Waals surface area contributed by atoms with E-state index in [0.717, 1.165) is 6.07 Å². The van der Waals surface area contributed by atoms with Gasteiger partial charge in [-0.25, -0.2) is 8.78 Å². The van der Waals surface area contributed by atoms with E-state index in [9.17, 15) is 22.4 Å². The molecule has 7 nitrogen and oxygen atoms in total. The number of carbonyl (C=O) groups is 1. The van der Waals surface area contributed by atoms with Gasteiger partial charge in [0.15, 0.2) is 12.0 Å². The fourth-order valence-corrected chi connectivity index (χ4v) is 5.87. The van der Waals surface area contributed by atoms with E-state index in [0.29, 0.717) is 42.7 Å². The first-order valence-corrected chi connectivity index (χ1v) is 13.1. The Morgan fingerprint density at radius 1 is 1.15 bits per heavy atom. The second-order valence-corrected chi connectivity index (χ2v) is 10.9. The van der Waals surface area contributed by atoms with E-state index in [-0.39, 0.29) is 43.3 Å². The zero-order chi connectivity index (χ0) is 28.2. The maximum atomic E-state index is 15.8. The fourth-order valence-electron chi connectivity index (χ4n) is 5.87. The first-order valence-electron chi connectivity index (χ1n) is 13.1. The second-order valence-electron chi connectivity index (χ2n) is 10.9. The van der Waals surface area contributed by atoms with Crippen LogP contribution in [0.1, 0.15) is 57.4 Å². The number of carbonyl (C=O) groups excluding carboxylic acids is 1. The highest BCUT2D eigenvalue weighted by molar-refractivity contribution is 6.10. The smallest absolute Gasteiger partial charge is 0.379 e. The summed E-state index contributed by atoms with van der Waals surface area (Å²) in [6.07, 6.45) is -5.02. The van der Waals surface area contributed by atoms with Gasteiger partial charge in [-0.05, 0) is 53.8 Å². The van der Waals surface area contributed by atoms with Crippen molar-refractivity contribution in [3.63, 3.8) is 0 Å². The van der Waals surface area contributed by atoms with Crippen LogP contribution in [0.3, 0.4) is 0 Å². The molecule has 1 amide bonds. The monoisotopic (exact) mass is 561 g/mol. The first-order chi connectivity index (χ1) is 19.1. The number of benzene rings is 2. The van der Waals surface area contributed by atoms with E-state index < -0.39 is 35.4 Å². The fraction of sp³-hybridized carbons (Fsp3) is 0.464. The van der Waals surface area contributed by atoms with Crippen molar-refractivity contribution in [2.45, 2.75) is 49.9 Å². The molecule has 212 valence electrons. The molecule has 6 rings (SSSR count). The average molecular weight is 562 g/mol. The van der Waals surface area contributed by atoms with E-state index in [4.69, 9.17) is 4.74 Å². The molecule has 12 heteroatoms. The summed E-state index contributed by atoms with van der Waals surface area (Å²) in [4.78, 5) is 16.8. The van der Waals surface area contributed by atoms with Crippen molar-refractivity contribution in [3.05, 3.63) is 76.4 Å². The number of aryl methyl sites for hydroxylation is 1. The normalized spacial score (nSPS) is 20.4. The van der Waals surface area contributed by atoms with Crippen molar-refractivity contribution in [3.8, 4) is 0 Å². The highest BCUT2D eigenvalue weighted by Gasteiger charge is 2.51. The van der Waals surface area contributed by atoms with Crippen molar-refractivity contribution in [1.29, 1.82) is 0 Å². The summed E-state index contributed by atoms with van der Waals surface area (Å²) in [7, 11) is 1.64. The number of aromatic nitrogens is 3. The van der Waals surface area contributed by atoms with Crippen LogP contribution in [0.5, 0.6) is 0 Å². The number of hydrogen-bond acceptors (Lipinski definition) is 5. The Balaban J connectivity index is 1.32. The summed E-state index contributed by atoms with van der Waals surface area (Å²) >= 11 is 0. The van der Waals surface area contributed by atoms with Gasteiger partial charge in [0, 0.05) is 37.9 Å². The number of nitrogens with zero attached hydrogens (tertiary/aromatic N) is 5. The Bertz CT molecular complexity index is 1430. The Kier molecular flexibility index (Phi) is 6.65. The Morgan fingerprint density at radius 2 is 1.90 bits per heavy atom. The molecule has 3 aliphatic heterocycles. The molecule has 0 bridgehead atoms. The molecule has 0 saturated carbocycles. The van der Waals surface area contributed by atoms with Crippen LogP contribution in [0.25, 0.3) is 0 Å². The first kappa shape index (κ1) is 26.8. The lowest BCUT2D eigenvalue weighted by Crippen LogP contribution is -2.50. The van der Waals surface area contributed by atoms with E-state index in [1.54, 1.807) is 31.3 Å². The molecular weight excluding hydrogens is 533 g/mol. The predicted molar refractivity (Wildman–Crippen MR) is 135 cm³/mol. The van der Waals surface area contributed by atoms with Crippen molar-refractivity contribution in [1.82, 2.24) is 19.7 Å². The van der Waals surface area contributed by atoms with Gasteiger partial charge in [0.2, 0.25) is 0 Å². The number of hydrogen-bond donors (Lipinski definition) is 0. The molecule has 2 fully saturated rings. The summed E-state index contributed by atoms with van der Waals surface area (Å²) in [5, 5.41) is 7.67. The summed E-state index contributed by atoms with van der Waals surface area (Å²) in [6, 6.07) is 9.28. The van der Waals surface area contributed by atoms with Crippen molar-refractivity contribution in [2.75, 3.05) is 31.2 Å². The third-order valence-electron chi connectivity index (χ3n) is 8.24. The number of fused-ring (bicyclic) bond motifs is 1. The van der Waals surface area contributed by atoms with Crippen LogP contribution < -0.4 is 4.90 Å². The summed E-state index contributed by atoms with van der Waals surface area (Å²) in [5.41, 5.74) is -0.704. The lowest BCUT2D eigenvalue weighted by atomic mass is 9.74. The van der Waals surface area contributed by atoms with Crippen LogP contribution in [-0.4, -0.2) is 58.0 Å². The lowest BCUT2D eigenvalue weighted by molar-refractivity contribution is -0.138. The van der Waals surface area contributed by atoms with Gasteiger partial charge in [0.25, 0.3) is 5.91 Å². The van der Waals surface area contributed by atoms with Crippen molar-refractivity contribution in [2.24, 2.45) is 7.05 Å². The minimum absolute atomic E-state index is 0.000232. The lowest BCUT2D eigenvalue weighted by Gasteiger charge is -2.43. The molecule has 1 aromatic heterocycles. The number of ether oxygens (including phenoxy) is 1. The van der Waals surface area contributed by atoms with E-state index in [1.165, 1.54) is 21.9 Å². The van der Waals surface area contributed by atoms with Gasteiger partial charge in [0.05, 0.1) is 30.7 Å². The maximum absolute atomic E-state index is 15.8. The highest BCUT2D eigenvalue weighted by Crippen LogP contribution is 2.47. The number of halogens is 5. The van der Waals surface area contributed by atoms with E-state index in [2.05, 4.69) is 10.2 Å². The molecule has 2 saturated heterocycles. The Labute approximate surface area is 227 Å². The SMILES string of the molecule is Cn1cnnc1[C@H](F)C1(c2cccc(N3Cc4c(cc(CN5CCC(F)CC5)cc4C(F)(F)F)C3=O)c2)COC1. The standard InChI is InChI=1S/C28H28F5N5O2/c1-36-16-34-35-25(36)24(30)27(14-40-15-27)18-3-2-4-20(11-18)38-13-22-21(26(38)39)9-17(10-23(22)28(31,32)33)12-37-7-5-19(29)6-8-37/h2-4,9-11,16,19,24H,5-8,12-15H2,1H3/t24-/m0/s1. The topological polar surface area (TPSA) is 63.5 Å². The number of amides is 1. The molecule has 0 spiro atoms. The molecule has 2 aromatic carbocycles. The molecule has 3 aliphatic rings. The minimum atomic E-state index is -4.66. The molecule has 0 radical (unpaired) electrons. The molecule has 0 unspecified atom stereocenters. The number of rotatable bonds is 6. The van der Waals surface area contributed by atoms with Crippen molar-refractivity contribution < 1.29 is 31.5 Å². The number of anilines is 1. The number of piperidine rings is 1. The number of alkyl halides is 5. The van der Waals surface area contributed by atoms with Gasteiger partial charge in [-0.2, -0.15) is 13.2 Å². The number of likely N-dealkylation sites (tertiary alicyclic amines) is 1. The van der Waals surface area contributed by atoms with Crippen LogP contribution in [0.15, 0.2) is 42.7 Å². The maximum Gasteiger partial charge on any atom is 0.416 e. The largest absolute Gasteiger partial charge is 0.416 e. The summed E-state index contributed by atoms with van der Waals surface area (Å²) in [5.74, 6) is -0.414. The molecule has 1 atom stereocenters. The molecule has 3 aromatic rings. The second kappa shape index (κ2) is 9.91. The van der Waals surface area contributed by atoms with Crippen LogP contribution in [0.4, 0.5) is 27.6 Å². The Hall–Kier alpha value is -3.38. The Morgan fingerprint density at radius 3 is 2.52 bits per heavy atom. The highest BCUT2D eigenvalue weighted by atomic mass is 19.4. The third-order valence-corrected chi connectivity index (χ3v) is 8.24. The van der Waals surface area contributed by atoms with Gasteiger partial charge >= 0.3 is 6.18 Å². The van der Waals surface area contributed by atoms with E-state index >= 15 is 4.39 Å². The molecule has 4 heterocycles. The molecule has 40 heavy (non-hydrogen) atoms. The molecule has 0 aliphatic carbocycles. The zero-order valence-electron chi connectivity index (χ0n) is 21.8.